The number of hydrogen-bond donors (Lipinski definition) is 0. The van der Waals surface area contributed by atoms with E-state index < -0.39 is 0 Å². The van der Waals surface area contributed by atoms with Crippen LogP contribution in [0, 0.1) is 6.92 Å². The van der Waals surface area contributed by atoms with E-state index in [9.17, 15) is 4.79 Å². The molecule has 0 unspecified atom stereocenters. The number of nitrogens with zero attached hydrogens (tertiary/aromatic N) is 2. The fourth-order valence-corrected chi connectivity index (χ4v) is 3.08. The number of aliphatic imine (C=N–C) groups is 1. The molecule has 0 bridgehead atoms. The molecule has 0 saturated carbocycles. The van der Waals surface area contributed by atoms with Crippen LogP contribution in [0.2, 0.25) is 0 Å². The van der Waals surface area contributed by atoms with Gasteiger partial charge in [-0.05, 0) is 51.5 Å². The number of aryl methyl sites for hydroxylation is 1. The number of ether oxygens (including phenoxy) is 2. The molecule has 1 aliphatic heterocycles. The highest BCUT2D eigenvalue weighted by Gasteiger charge is 2.29. The Bertz CT molecular complexity index is 914. The maximum absolute atomic E-state index is 12.9. The van der Waals surface area contributed by atoms with Gasteiger partial charge in [0.15, 0.2) is 11.5 Å². The molecule has 0 N–H and O–H groups in total. The molecule has 0 aromatic heterocycles. The minimum Gasteiger partial charge on any atom is -0.490 e. The van der Waals surface area contributed by atoms with Gasteiger partial charge in [-0.3, -0.25) is 9.69 Å². The standard InChI is InChI=1S/C23H26N2O3/c1-5-25-22(18-11-8-16(4)9-12-18)24-19(23(25)26)14-17-10-13-20(27-6-2)21(15-17)28-7-3/h8-15H,5-7H2,1-4H3/b19-14+. The van der Waals surface area contributed by atoms with Gasteiger partial charge in [-0.15, -0.1) is 0 Å². The lowest BCUT2D eigenvalue weighted by Crippen LogP contribution is -2.32. The number of carbonyl (C=O) groups is 1. The van der Waals surface area contributed by atoms with E-state index in [0.29, 0.717) is 42.8 Å². The van der Waals surface area contributed by atoms with E-state index in [0.717, 1.165) is 11.1 Å². The Hall–Kier alpha value is -3.08. The van der Waals surface area contributed by atoms with Gasteiger partial charge >= 0.3 is 0 Å². The molecule has 2 aromatic carbocycles. The average molecular weight is 378 g/mol. The normalized spacial score (nSPS) is 15.1. The van der Waals surface area contributed by atoms with Gasteiger partial charge < -0.3 is 9.47 Å². The van der Waals surface area contributed by atoms with Crippen LogP contribution in [-0.4, -0.2) is 36.4 Å². The summed E-state index contributed by atoms with van der Waals surface area (Å²) >= 11 is 0. The molecule has 0 spiro atoms. The summed E-state index contributed by atoms with van der Waals surface area (Å²) in [7, 11) is 0. The van der Waals surface area contributed by atoms with Crippen molar-refractivity contribution in [2.24, 2.45) is 4.99 Å². The maximum Gasteiger partial charge on any atom is 0.278 e. The molecule has 0 fully saturated rings. The van der Waals surface area contributed by atoms with Gasteiger partial charge in [0.2, 0.25) is 0 Å². The number of likely N-dealkylation sites (N-methyl/N-ethyl adjacent to an activating group) is 1. The lowest BCUT2D eigenvalue weighted by molar-refractivity contribution is -0.122. The fraction of sp³-hybridized carbons (Fsp3) is 0.304. The number of carbonyl (C=O) groups excluding carboxylic acids is 1. The molecule has 0 saturated heterocycles. The predicted molar refractivity (Wildman–Crippen MR) is 112 cm³/mol. The monoisotopic (exact) mass is 378 g/mol. The lowest BCUT2D eigenvalue weighted by Gasteiger charge is -2.15. The summed E-state index contributed by atoms with van der Waals surface area (Å²) in [6.07, 6.45) is 1.80. The van der Waals surface area contributed by atoms with Crippen LogP contribution < -0.4 is 9.47 Å². The van der Waals surface area contributed by atoms with Crippen LogP contribution in [0.1, 0.15) is 37.5 Å². The Labute approximate surface area is 166 Å². The third-order valence-corrected chi connectivity index (χ3v) is 4.44. The van der Waals surface area contributed by atoms with Crippen LogP contribution in [0.25, 0.3) is 6.08 Å². The lowest BCUT2D eigenvalue weighted by atomic mass is 10.1. The van der Waals surface area contributed by atoms with Crippen LogP contribution in [0.3, 0.4) is 0 Å². The topological polar surface area (TPSA) is 51.1 Å². The van der Waals surface area contributed by atoms with E-state index >= 15 is 0 Å². The van der Waals surface area contributed by atoms with Crippen LogP contribution in [0.5, 0.6) is 11.5 Å². The van der Waals surface area contributed by atoms with E-state index in [1.807, 2.05) is 70.2 Å². The molecule has 28 heavy (non-hydrogen) atoms. The summed E-state index contributed by atoms with van der Waals surface area (Å²) in [5.74, 6) is 1.96. The summed E-state index contributed by atoms with van der Waals surface area (Å²) in [5, 5.41) is 0. The van der Waals surface area contributed by atoms with E-state index in [1.54, 1.807) is 11.0 Å². The molecule has 1 aliphatic rings. The van der Waals surface area contributed by atoms with Crippen molar-refractivity contribution in [2.45, 2.75) is 27.7 Å². The molecule has 146 valence electrons. The second kappa shape index (κ2) is 8.74. The second-order valence-electron chi connectivity index (χ2n) is 6.45. The number of rotatable bonds is 7. The second-order valence-corrected chi connectivity index (χ2v) is 6.45. The highest BCUT2D eigenvalue weighted by molar-refractivity contribution is 6.19. The highest BCUT2D eigenvalue weighted by Crippen LogP contribution is 2.30. The Balaban J connectivity index is 1.97. The van der Waals surface area contributed by atoms with Crippen molar-refractivity contribution >= 4 is 17.8 Å². The van der Waals surface area contributed by atoms with Gasteiger partial charge in [0, 0.05) is 12.1 Å². The summed E-state index contributed by atoms with van der Waals surface area (Å²) in [5.41, 5.74) is 3.38. The van der Waals surface area contributed by atoms with Crippen molar-refractivity contribution in [2.75, 3.05) is 19.8 Å². The molecule has 1 heterocycles. The molecule has 0 aliphatic carbocycles. The van der Waals surface area contributed by atoms with Crippen LogP contribution >= 0.6 is 0 Å². The maximum atomic E-state index is 12.9. The average Bonchev–Trinajstić information content (AvgIpc) is 3.00. The zero-order chi connectivity index (χ0) is 20.1. The van der Waals surface area contributed by atoms with Crippen LogP contribution in [-0.2, 0) is 4.79 Å². The van der Waals surface area contributed by atoms with Crippen molar-refractivity contribution < 1.29 is 14.3 Å². The van der Waals surface area contributed by atoms with Crippen LogP contribution in [0.4, 0.5) is 0 Å². The van der Waals surface area contributed by atoms with Crippen LogP contribution in [0.15, 0.2) is 53.2 Å². The quantitative estimate of drug-likeness (QED) is 0.669. The molecule has 0 radical (unpaired) electrons. The molecular formula is C23H26N2O3. The summed E-state index contributed by atoms with van der Waals surface area (Å²) in [6, 6.07) is 13.7. The van der Waals surface area contributed by atoms with Crippen molar-refractivity contribution in [3.63, 3.8) is 0 Å². The summed E-state index contributed by atoms with van der Waals surface area (Å²) < 4.78 is 11.3. The molecule has 1 amide bonds. The SMILES string of the molecule is CCOc1ccc(/C=C2/N=C(c3ccc(C)cc3)N(CC)C2=O)cc1OCC. The van der Waals surface area contributed by atoms with E-state index in [1.165, 1.54) is 5.56 Å². The first kappa shape index (κ1) is 19.7. The Morgan fingerprint density at radius 2 is 1.64 bits per heavy atom. The van der Waals surface area contributed by atoms with Crippen molar-refractivity contribution in [3.8, 4) is 11.5 Å². The van der Waals surface area contributed by atoms with Gasteiger partial charge in [0.05, 0.1) is 13.2 Å². The summed E-state index contributed by atoms with van der Waals surface area (Å²) in [6.45, 7) is 9.52. The van der Waals surface area contributed by atoms with E-state index in [4.69, 9.17) is 9.47 Å². The van der Waals surface area contributed by atoms with Gasteiger partial charge in [-0.1, -0.05) is 35.9 Å². The molecular weight excluding hydrogens is 352 g/mol. The molecule has 5 heteroatoms. The molecule has 0 atom stereocenters. The largest absolute Gasteiger partial charge is 0.490 e. The molecule has 2 aromatic rings. The Morgan fingerprint density at radius 3 is 2.29 bits per heavy atom. The van der Waals surface area contributed by atoms with Crippen molar-refractivity contribution in [1.29, 1.82) is 0 Å². The zero-order valence-corrected chi connectivity index (χ0v) is 16.9. The minimum atomic E-state index is -0.0927. The van der Waals surface area contributed by atoms with E-state index in [2.05, 4.69) is 4.99 Å². The van der Waals surface area contributed by atoms with Gasteiger partial charge in [-0.2, -0.15) is 0 Å². The van der Waals surface area contributed by atoms with Gasteiger partial charge in [0.25, 0.3) is 5.91 Å². The first-order chi connectivity index (χ1) is 13.6. The number of hydrogen-bond acceptors (Lipinski definition) is 4. The minimum absolute atomic E-state index is 0.0927. The zero-order valence-electron chi connectivity index (χ0n) is 16.9. The smallest absolute Gasteiger partial charge is 0.278 e. The van der Waals surface area contributed by atoms with Gasteiger partial charge in [-0.25, -0.2) is 4.99 Å². The number of amides is 1. The third-order valence-electron chi connectivity index (χ3n) is 4.44. The molecule has 3 rings (SSSR count). The first-order valence-electron chi connectivity index (χ1n) is 9.66. The summed E-state index contributed by atoms with van der Waals surface area (Å²) in [4.78, 5) is 19.2. The molecule has 5 nitrogen and oxygen atoms in total. The predicted octanol–water partition coefficient (Wildman–Crippen LogP) is 4.44. The third kappa shape index (κ3) is 4.09. The Morgan fingerprint density at radius 1 is 0.964 bits per heavy atom. The fourth-order valence-electron chi connectivity index (χ4n) is 3.08. The van der Waals surface area contributed by atoms with Crippen molar-refractivity contribution in [3.05, 3.63) is 64.9 Å². The number of benzene rings is 2. The van der Waals surface area contributed by atoms with Crippen molar-refractivity contribution in [1.82, 2.24) is 4.90 Å². The first-order valence-corrected chi connectivity index (χ1v) is 9.66. The van der Waals surface area contributed by atoms with E-state index in [-0.39, 0.29) is 5.91 Å². The number of amidine groups is 1. The highest BCUT2D eigenvalue weighted by atomic mass is 16.5. The Kier molecular flexibility index (Phi) is 6.14. The van der Waals surface area contributed by atoms with Gasteiger partial charge in [0.1, 0.15) is 11.5 Å².